The number of hydrogen-bond donors (Lipinski definition) is 0. The van der Waals surface area contributed by atoms with E-state index in [2.05, 4.69) is 30.7 Å². The van der Waals surface area contributed by atoms with Gasteiger partial charge in [0.05, 0.1) is 12.7 Å². The summed E-state index contributed by atoms with van der Waals surface area (Å²) < 4.78 is 5.91. The summed E-state index contributed by atoms with van der Waals surface area (Å²) in [5.41, 5.74) is 1.01. The molecule has 3 rings (SSSR count). The van der Waals surface area contributed by atoms with E-state index in [4.69, 9.17) is 4.42 Å². The van der Waals surface area contributed by atoms with Crippen molar-refractivity contribution in [3.05, 3.63) is 59.8 Å². The molecule has 0 aliphatic carbocycles. The lowest BCUT2D eigenvalue weighted by atomic mass is 9.94. The lowest BCUT2D eigenvalue weighted by Crippen LogP contribution is -2.34. The van der Waals surface area contributed by atoms with Gasteiger partial charge in [0.2, 0.25) is 11.8 Å². The first kappa shape index (κ1) is 19.4. The Bertz CT molecular complexity index is 774. The first-order valence-corrected chi connectivity index (χ1v) is 9.61. The predicted molar refractivity (Wildman–Crippen MR) is 107 cm³/mol. The van der Waals surface area contributed by atoms with E-state index in [0.29, 0.717) is 6.54 Å². The van der Waals surface area contributed by atoms with Gasteiger partial charge in [0.15, 0.2) is 0 Å². The Morgan fingerprint density at radius 2 is 1.93 bits per heavy atom. The predicted octanol–water partition coefficient (Wildman–Crippen LogP) is 3.72. The van der Waals surface area contributed by atoms with Crippen LogP contribution in [-0.2, 0) is 16.8 Å². The molecule has 5 nitrogen and oxygen atoms in total. The van der Waals surface area contributed by atoms with Gasteiger partial charge in [-0.15, -0.1) is 0 Å². The second kappa shape index (κ2) is 8.53. The number of carbonyl (C=O) groups is 1. The number of benzene rings is 1. The monoisotopic (exact) mass is 367 g/mol. The third-order valence-corrected chi connectivity index (χ3v) is 4.77. The largest absolute Gasteiger partial charge is 0.444 e. The average Bonchev–Trinajstić information content (AvgIpc) is 3.00. The van der Waals surface area contributed by atoms with Gasteiger partial charge in [-0.3, -0.25) is 9.69 Å². The van der Waals surface area contributed by atoms with E-state index >= 15 is 0 Å². The average molecular weight is 367 g/mol. The maximum atomic E-state index is 12.5. The van der Waals surface area contributed by atoms with Gasteiger partial charge in [-0.05, 0) is 18.1 Å². The highest BCUT2D eigenvalue weighted by molar-refractivity contribution is 5.91. The summed E-state index contributed by atoms with van der Waals surface area (Å²) in [7, 11) is 0. The van der Waals surface area contributed by atoms with Crippen LogP contribution in [0.4, 0.5) is 0 Å². The molecule has 1 fully saturated rings. The Kier molecular flexibility index (Phi) is 6.11. The van der Waals surface area contributed by atoms with Crippen LogP contribution in [0.3, 0.4) is 0 Å². The second-order valence-electron chi connectivity index (χ2n) is 8.07. The van der Waals surface area contributed by atoms with Crippen LogP contribution in [0.5, 0.6) is 0 Å². The summed E-state index contributed by atoms with van der Waals surface area (Å²) in [4.78, 5) is 21.2. The molecule has 1 saturated heterocycles. The van der Waals surface area contributed by atoms with Gasteiger partial charge in [0.1, 0.15) is 5.76 Å². The van der Waals surface area contributed by atoms with E-state index in [1.807, 2.05) is 47.5 Å². The van der Waals surface area contributed by atoms with Gasteiger partial charge in [-0.1, -0.05) is 51.1 Å². The van der Waals surface area contributed by atoms with Crippen molar-refractivity contribution in [1.29, 1.82) is 0 Å². The first-order chi connectivity index (χ1) is 12.9. The molecule has 0 atom stereocenters. The lowest BCUT2D eigenvalue weighted by molar-refractivity contribution is -0.125. The smallest absolute Gasteiger partial charge is 0.246 e. The zero-order valence-corrected chi connectivity index (χ0v) is 16.5. The van der Waals surface area contributed by atoms with Crippen molar-refractivity contribution < 1.29 is 9.21 Å². The van der Waals surface area contributed by atoms with Crippen LogP contribution in [0.25, 0.3) is 6.08 Å². The molecule has 1 aliphatic heterocycles. The van der Waals surface area contributed by atoms with Crippen molar-refractivity contribution in [3.63, 3.8) is 0 Å². The van der Waals surface area contributed by atoms with Crippen molar-refractivity contribution in [2.75, 3.05) is 26.2 Å². The molecule has 1 aliphatic rings. The highest BCUT2D eigenvalue weighted by atomic mass is 16.4. The van der Waals surface area contributed by atoms with Gasteiger partial charge >= 0.3 is 0 Å². The molecule has 2 heterocycles. The van der Waals surface area contributed by atoms with E-state index in [0.717, 1.165) is 49.8 Å². The molecule has 0 saturated carbocycles. The molecular weight excluding hydrogens is 338 g/mol. The van der Waals surface area contributed by atoms with Crippen LogP contribution in [0.15, 0.2) is 47.0 Å². The van der Waals surface area contributed by atoms with E-state index in [-0.39, 0.29) is 11.3 Å². The molecule has 0 bridgehead atoms. The van der Waals surface area contributed by atoms with E-state index < -0.39 is 0 Å². The van der Waals surface area contributed by atoms with Gasteiger partial charge in [0, 0.05) is 37.7 Å². The SMILES string of the molecule is CC(C)(C)c1cnc(CN2CCCN(C(=O)/C=C/c3ccccc3)CC2)o1. The molecule has 27 heavy (non-hydrogen) atoms. The van der Waals surface area contributed by atoms with Crippen molar-refractivity contribution in [2.24, 2.45) is 0 Å². The number of aromatic nitrogens is 1. The van der Waals surface area contributed by atoms with E-state index in [1.54, 1.807) is 6.08 Å². The van der Waals surface area contributed by atoms with Gasteiger partial charge in [-0.2, -0.15) is 0 Å². The van der Waals surface area contributed by atoms with Crippen molar-refractivity contribution in [2.45, 2.75) is 39.2 Å². The summed E-state index contributed by atoms with van der Waals surface area (Å²) in [5.74, 6) is 1.74. The Balaban J connectivity index is 1.53. The van der Waals surface area contributed by atoms with Gasteiger partial charge in [-0.25, -0.2) is 4.98 Å². The fraction of sp³-hybridized carbons (Fsp3) is 0.455. The number of oxazole rings is 1. The van der Waals surface area contributed by atoms with Crippen LogP contribution < -0.4 is 0 Å². The van der Waals surface area contributed by atoms with Crippen LogP contribution in [-0.4, -0.2) is 46.9 Å². The molecule has 0 spiro atoms. The van der Waals surface area contributed by atoms with Gasteiger partial charge < -0.3 is 9.32 Å². The maximum Gasteiger partial charge on any atom is 0.246 e. The fourth-order valence-electron chi connectivity index (χ4n) is 3.11. The third kappa shape index (κ3) is 5.54. The number of amides is 1. The highest BCUT2D eigenvalue weighted by Crippen LogP contribution is 2.23. The third-order valence-electron chi connectivity index (χ3n) is 4.77. The first-order valence-electron chi connectivity index (χ1n) is 9.61. The topological polar surface area (TPSA) is 49.6 Å². The Morgan fingerprint density at radius 1 is 1.15 bits per heavy atom. The summed E-state index contributed by atoms with van der Waals surface area (Å²) in [6.07, 6.45) is 6.34. The highest BCUT2D eigenvalue weighted by Gasteiger charge is 2.22. The fourth-order valence-corrected chi connectivity index (χ4v) is 3.11. The molecule has 0 N–H and O–H groups in total. The minimum atomic E-state index is -0.0294. The number of carbonyl (C=O) groups excluding carboxylic acids is 1. The summed E-state index contributed by atoms with van der Waals surface area (Å²) >= 11 is 0. The van der Waals surface area contributed by atoms with Crippen LogP contribution in [0, 0.1) is 0 Å². The summed E-state index contributed by atoms with van der Waals surface area (Å²) in [5, 5.41) is 0. The maximum absolute atomic E-state index is 12.5. The quantitative estimate of drug-likeness (QED) is 0.773. The molecule has 144 valence electrons. The van der Waals surface area contributed by atoms with Gasteiger partial charge in [0.25, 0.3) is 0 Å². The van der Waals surface area contributed by atoms with Crippen LogP contribution >= 0.6 is 0 Å². The summed E-state index contributed by atoms with van der Waals surface area (Å²) in [6, 6.07) is 9.91. The molecule has 2 aromatic rings. The summed E-state index contributed by atoms with van der Waals surface area (Å²) in [6.45, 7) is 10.3. The minimum absolute atomic E-state index is 0.0294. The number of rotatable bonds is 4. The van der Waals surface area contributed by atoms with Crippen molar-refractivity contribution in [1.82, 2.24) is 14.8 Å². The van der Waals surface area contributed by atoms with Crippen molar-refractivity contribution in [3.8, 4) is 0 Å². The van der Waals surface area contributed by atoms with Crippen LogP contribution in [0.2, 0.25) is 0 Å². The Hall–Kier alpha value is -2.40. The minimum Gasteiger partial charge on any atom is -0.444 e. The number of nitrogens with zero attached hydrogens (tertiary/aromatic N) is 3. The number of hydrogen-bond acceptors (Lipinski definition) is 4. The standard InChI is InChI=1S/C22H29N3O2/c1-22(2,3)19-16-23-20(27-19)17-24-12-7-13-25(15-14-24)21(26)11-10-18-8-5-4-6-9-18/h4-6,8-11,16H,7,12-15,17H2,1-3H3/b11-10+. The lowest BCUT2D eigenvalue weighted by Gasteiger charge is -2.20. The molecule has 0 unspecified atom stereocenters. The normalized spacial score (nSPS) is 16.6. The molecule has 1 aromatic heterocycles. The van der Waals surface area contributed by atoms with E-state index in [9.17, 15) is 4.79 Å². The molecule has 1 amide bonds. The second-order valence-corrected chi connectivity index (χ2v) is 8.07. The molecule has 0 radical (unpaired) electrons. The zero-order chi connectivity index (χ0) is 19.3. The Labute approximate surface area is 161 Å². The van der Waals surface area contributed by atoms with Crippen LogP contribution in [0.1, 0.15) is 44.4 Å². The molecule has 1 aromatic carbocycles. The zero-order valence-electron chi connectivity index (χ0n) is 16.5. The van der Waals surface area contributed by atoms with Crippen molar-refractivity contribution >= 4 is 12.0 Å². The Morgan fingerprint density at radius 3 is 2.63 bits per heavy atom. The van der Waals surface area contributed by atoms with E-state index in [1.165, 1.54) is 0 Å². The molecule has 5 heteroatoms. The molecular formula is C22H29N3O2.